The predicted molar refractivity (Wildman–Crippen MR) is 124 cm³/mol. The average molecular weight is 447 g/mol. The zero-order valence-electron chi connectivity index (χ0n) is 18.9. The molecule has 0 aliphatic carbocycles. The number of carbonyl (C=O) groups is 2. The largest absolute Gasteiger partial charge is 0.497 e. The molecule has 8 nitrogen and oxygen atoms in total. The van der Waals surface area contributed by atoms with Gasteiger partial charge in [-0.15, -0.1) is 0 Å². The van der Waals surface area contributed by atoms with Crippen molar-refractivity contribution in [1.29, 1.82) is 0 Å². The van der Waals surface area contributed by atoms with Crippen LogP contribution in [0.15, 0.2) is 71.4 Å². The molecule has 2 heterocycles. The van der Waals surface area contributed by atoms with Gasteiger partial charge in [0.15, 0.2) is 11.5 Å². The Kier molecular flexibility index (Phi) is 5.91. The van der Waals surface area contributed by atoms with Crippen LogP contribution in [-0.2, 0) is 11.2 Å². The minimum absolute atomic E-state index is 0.0786. The summed E-state index contributed by atoms with van der Waals surface area (Å²) in [4.78, 5) is 33.1. The molecule has 0 fully saturated rings. The standard InChI is InChI=1S/C25H25N3O5/c1-16-7-6-14-28-22(16)26-25(24(28)30,15-18-8-5-9-20(32-3)21(18)33-4)27-23(29)17-10-12-19(31-2)13-11-17/h5-14H,15H2,1-4H3,(H,27,29). The minimum atomic E-state index is -1.56. The number of rotatable bonds is 7. The summed E-state index contributed by atoms with van der Waals surface area (Å²) in [5.41, 5.74) is 0.322. The van der Waals surface area contributed by atoms with Crippen LogP contribution < -0.4 is 19.5 Å². The summed E-state index contributed by atoms with van der Waals surface area (Å²) < 4.78 is 16.1. The summed E-state index contributed by atoms with van der Waals surface area (Å²) in [5.74, 6) is 1.36. The van der Waals surface area contributed by atoms with Crippen LogP contribution in [0.2, 0.25) is 0 Å². The third-order valence-corrected chi connectivity index (χ3v) is 5.63. The Morgan fingerprint density at radius 2 is 1.82 bits per heavy atom. The van der Waals surface area contributed by atoms with E-state index in [-0.39, 0.29) is 12.3 Å². The maximum absolute atomic E-state index is 13.7. The number of allylic oxidation sites excluding steroid dienone is 2. The van der Waals surface area contributed by atoms with Crippen molar-refractivity contribution in [2.45, 2.75) is 19.0 Å². The smallest absolute Gasteiger partial charge is 0.281 e. The molecular formula is C25H25N3O5. The molecule has 0 aromatic heterocycles. The number of nitrogens with zero attached hydrogens (tertiary/aromatic N) is 2. The average Bonchev–Trinajstić information content (AvgIpc) is 3.11. The number of nitrogens with one attached hydrogen (secondary N) is 1. The SMILES string of the molecule is COc1ccc(C(=O)NC2(Cc3cccc(OC)c3OC)N=C3C(C)=CC=CN3C2=O)cc1. The van der Waals surface area contributed by atoms with Crippen LogP contribution >= 0.6 is 0 Å². The number of fused-ring (bicyclic) bond motifs is 1. The van der Waals surface area contributed by atoms with E-state index in [1.165, 1.54) is 12.0 Å². The van der Waals surface area contributed by atoms with Gasteiger partial charge in [0.25, 0.3) is 11.8 Å². The Hall–Kier alpha value is -4.07. The zero-order chi connectivity index (χ0) is 23.6. The maximum atomic E-state index is 13.7. The third-order valence-electron chi connectivity index (χ3n) is 5.63. The van der Waals surface area contributed by atoms with Crippen molar-refractivity contribution in [3.63, 3.8) is 0 Å². The van der Waals surface area contributed by atoms with Gasteiger partial charge in [-0.1, -0.05) is 18.2 Å². The van der Waals surface area contributed by atoms with Gasteiger partial charge in [0.05, 0.1) is 21.3 Å². The highest BCUT2D eigenvalue weighted by Gasteiger charge is 2.50. The zero-order valence-corrected chi connectivity index (χ0v) is 18.9. The first-order valence-electron chi connectivity index (χ1n) is 10.4. The Morgan fingerprint density at radius 3 is 2.45 bits per heavy atom. The van der Waals surface area contributed by atoms with E-state index in [4.69, 9.17) is 19.2 Å². The van der Waals surface area contributed by atoms with Gasteiger partial charge in [-0.05, 0) is 48.9 Å². The van der Waals surface area contributed by atoms with Crippen LogP contribution in [0.5, 0.6) is 17.2 Å². The molecular weight excluding hydrogens is 422 g/mol. The molecule has 2 aromatic rings. The van der Waals surface area contributed by atoms with Gasteiger partial charge in [0.2, 0.25) is 5.66 Å². The van der Waals surface area contributed by atoms with E-state index < -0.39 is 11.6 Å². The molecule has 170 valence electrons. The summed E-state index contributed by atoms with van der Waals surface area (Å²) in [6.45, 7) is 1.87. The van der Waals surface area contributed by atoms with Crippen molar-refractivity contribution >= 4 is 17.6 Å². The van der Waals surface area contributed by atoms with Crippen molar-refractivity contribution in [3.8, 4) is 17.2 Å². The summed E-state index contributed by atoms with van der Waals surface area (Å²) >= 11 is 0. The van der Waals surface area contributed by atoms with Crippen LogP contribution in [0.3, 0.4) is 0 Å². The Bertz CT molecular complexity index is 1180. The quantitative estimate of drug-likeness (QED) is 0.705. The third kappa shape index (κ3) is 3.95. The number of hydrogen-bond donors (Lipinski definition) is 1. The van der Waals surface area contributed by atoms with Crippen molar-refractivity contribution in [3.05, 3.63) is 77.5 Å². The number of amidine groups is 1. The molecule has 0 bridgehead atoms. The van der Waals surface area contributed by atoms with Gasteiger partial charge in [-0.25, -0.2) is 4.99 Å². The lowest BCUT2D eigenvalue weighted by Crippen LogP contribution is -2.55. The molecule has 33 heavy (non-hydrogen) atoms. The second-order valence-electron chi connectivity index (χ2n) is 7.67. The van der Waals surface area contributed by atoms with Crippen molar-refractivity contribution in [2.75, 3.05) is 21.3 Å². The fourth-order valence-corrected chi connectivity index (χ4v) is 3.95. The fourth-order valence-electron chi connectivity index (χ4n) is 3.95. The number of carbonyl (C=O) groups excluding carboxylic acids is 2. The summed E-state index contributed by atoms with van der Waals surface area (Å²) in [7, 11) is 4.63. The lowest BCUT2D eigenvalue weighted by Gasteiger charge is -2.27. The number of aliphatic imine (C=N–C) groups is 1. The molecule has 0 saturated carbocycles. The Morgan fingerprint density at radius 1 is 1.06 bits per heavy atom. The molecule has 2 amide bonds. The van der Waals surface area contributed by atoms with Gasteiger partial charge in [0.1, 0.15) is 11.6 Å². The highest BCUT2D eigenvalue weighted by molar-refractivity contribution is 6.17. The minimum Gasteiger partial charge on any atom is -0.497 e. The number of para-hydroxylation sites is 1. The van der Waals surface area contributed by atoms with Gasteiger partial charge in [-0.3, -0.25) is 14.5 Å². The number of hydrogen-bond acceptors (Lipinski definition) is 6. The van der Waals surface area contributed by atoms with Crippen LogP contribution in [0.1, 0.15) is 22.8 Å². The molecule has 0 radical (unpaired) electrons. The first-order chi connectivity index (χ1) is 15.9. The lowest BCUT2D eigenvalue weighted by molar-refractivity contribution is -0.130. The molecule has 2 aliphatic heterocycles. The van der Waals surface area contributed by atoms with Crippen molar-refractivity contribution in [2.24, 2.45) is 4.99 Å². The van der Waals surface area contributed by atoms with Gasteiger partial charge >= 0.3 is 0 Å². The van der Waals surface area contributed by atoms with Gasteiger partial charge in [-0.2, -0.15) is 0 Å². The summed E-state index contributed by atoms with van der Waals surface area (Å²) in [5, 5.41) is 2.89. The molecule has 0 spiro atoms. The normalized spacial score (nSPS) is 18.9. The number of methoxy groups -OCH3 is 3. The first kappa shape index (κ1) is 22.1. The van der Waals surface area contributed by atoms with Crippen molar-refractivity contribution in [1.82, 2.24) is 10.2 Å². The van der Waals surface area contributed by atoms with E-state index in [2.05, 4.69) is 5.32 Å². The first-order valence-corrected chi connectivity index (χ1v) is 10.4. The molecule has 1 atom stereocenters. The molecule has 0 saturated heterocycles. The fraction of sp³-hybridized carbons (Fsp3) is 0.240. The van der Waals surface area contributed by atoms with Gasteiger partial charge < -0.3 is 19.5 Å². The monoisotopic (exact) mass is 447 g/mol. The summed E-state index contributed by atoms with van der Waals surface area (Å²) in [6, 6.07) is 12.1. The Balaban J connectivity index is 1.77. The van der Waals surface area contributed by atoms with Crippen molar-refractivity contribution < 1.29 is 23.8 Å². The van der Waals surface area contributed by atoms with E-state index >= 15 is 0 Å². The van der Waals surface area contributed by atoms with Crippen LogP contribution in [0.25, 0.3) is 0 Å². The van der Waals surface area contributed by atoms with E-state index in [1.807, 2.05) is 19.1 Å². The number of amides is 2. The van der Waals surface area contributed by atoms with E-state index in [1.54, 1.807) is 62.9 Å². The molecule has 8 heteroatoms. The van der Waals surface area contributed by atoms with Gasteiger partial charge in [0, 0.05) is 23.7 Å². The summed E-state index contributed by atoms with van der Waals surface area (Å²) in [6.07, 6.45) is 5.38. The predicted octanol–water partition coefficient (Wildman–Crippen LogP) is 3.10. The molecule has 4 rings (SSSR count). The lowest BCUT2D eigenvalue weighted by atomic mass is 9.97. The topological polar surface area (TPSA) is 89.5 Å². The Labute approximate surface area is 192 Å². The molecule has 2 aliphatic rings. The molecule has 2 aromatic carbocycles. The van der Waals surface area contributed by atoms with Crippen LogP contribution in [0, 0.1) is 0 Å². The van der Waals surface area contributed by atoms with Crippen LogP contribution in [0.4, 0.5) is 0 Å². The maximum Gasteiger partial charge on any atom is 0.281 e. The van der Waals surface area contributed by atoms with Crippen LogP contribution in [-0.4, -0.2) is 49.5 Å². The van der Waals surface area contributed by atoms with E-state index in [0.29, 0.717) is 34.2 Å². The molecule has 1 unspecified atom stereocenters. The number of benzene rings is 2. The number of ether oxygens (including phenoxy) is 3. The van der Waals surface area contributed by atoms with E-state index in [0.717, 1.165) is 5.57 Å². The van der Waals surface area contributed by atoms with E-state index in [9.17, 15) is 9.59 Å². The second-order valence-corrected chi connectivity index (χ2v) is 7.67. The highest BCUT2D eigenvalue weighted by atomic mass is 16.5. The molecule has 1 N–H and O–H groups in total. The second kappa shape index (κ2) is 8.82. The highest BCUT2D eigenvalue weighted by Crippen LogP contribution is 2.36.